The molecule has 0 saturated carbocycles. The van der Waals surface area contributed by atoms with E-state index in [-0.39, 0.29) is 5.91 Å². The summed E-state index contributed by atoms with van der Waals surface area (Å²) in [5.41, 5.74) is 2.09. The number of amides is 1. The van der Waals surface area contributed by atoms with E-state index in [1.54, 1.807) is 63.9 Å². The zero-order chi connectivity index (χ0) is 23.2. The van der Waals surface area contributed by atoms with Crippen molar-refractivity contribution in [3.8, 4) is 28.7 Å². The molecule has 0 fully saturated rings. The lowest BCUT2D eigenvalue weighted by Gasteiger charge is -2.13. The topological polar surface area (TPSA) is 78.9 Å². The number of aromatic nitrogens is 1. The SMILES string of the molecule is COc1ccccc1CNC(=O)c1cccc(Oc2ccnc3cc(OC)c(OC)cc23)c1. The summed E-state index contributed by atoms with van der Waals surface area (Å²) in [5.74, 6) is 2.80. The number of fused-ring (bicyclic) bond motifs is 1. The second-order valence-corrected chi connectivity index (χ2v) is 7.16. The van der Waals surface area contributed by atoms with Gasteiger partial charge in [-0.05, 0) is 36.4 Å². The molecule has 0 atom stereocenters. The number of pyridine rings is 1. The number of hydrogen-bond acceptors (Lipinski definition) is 6. The molecule has 3 aromatic carbocycles. The van der Waals surface area contributed by atoms with Gasteiger partial charge in [0.2, 0.25) is 0 Å². The number of nitrogens with one attached hydrogen (secondary N) is 1. The summed E-state index contributed by atoms with van der Waals surface area (Å²) in [6.45, 7) is 0.352. The number of benzene rings is 3. The molecule has 0 bridgehead atoms. The summed E-state index contributed by atoms with van der Waals surface area (Å²) < 4.78 is 22.2. The molecule has 0 saturated heterocycles. The smallest absolute Gasteiger partial charge is 0.251 e. The van der Waals surface area contributed by atoms with Crippen LogP contribution in [0.4, 0.5) is 0 Å². The number of nitrogens with zero attached hydrogens (tertiary/aromatic N) is 1. The van der Waals surface area contributed by atoms with E-state index in [0.717, 1.165) is 16.7 Å². The lowest BCUT2D eigenvalue weighted by atomic mass is 10.1. The Labute approximate surface area is 191 Å². The van der Waals surface area contributed by atoms with E-state index < -0.39 is 0 Å². The summed E-state index contributed by atoms with van der Waals surface area (Å²) in [7, 11) is 4.76. The third-order valence-corrected chi connectivity index (χ3v) is 5.16. The van der Waals surface area contributed by atoms with Gasteiger partial charge in [0.1, 0.15) is 17.2 Å². The predicted molar refractivity (Wildman–Crippen MR) is 126 cm³/mol. The number of carbonyl (C=O) groups excluding carboxylic acids is 1. The molecule has 1 heterocycles. The first-order chi connectivity index (χ1) is 16.1. The zero-order valence-electron chi connectivity index (χ0n) is 18.6. The lowest BCUT2D eigenvalue weighted by molar-refractivity contribution is 0.0950. The maximum Gasteiger partial charge on any atom is 0.251 e. The first kappa shape index (κ1) is 22.0. The molecule has 0 aliphatic heterocycles. The highest BCUT2D eigenvalue weighted by molar-refractivity contribution is 5.94. The molecule has 33 heavy (non-hydrogen) atoms. The van der Waals surface area contributed by atoms with E-state index in [0.29, 0.717) is 40.6 Å². The Bertz CT molecular complexity index is 1290. The highest BCUT2D eigenvalue weighted by atomic mass is 16.5. The Hall–Kier alpha value is -4.26. The highest BCUT2D eigenvalue weighted by Gasteiger charge is 2.13. The fourth-order valence-corrected chi connectivity index (χ4v) is 3.49. The molecule has 168 valence electrons. The lowest BCUT2D eigenvalue weighted by Crippen LogP contribution is -2.23. The minimum absolute atomic E-state index is 0.211. The summed E-state index contributed by atoms with van der Waals surface area (Å²) in [4.78, 5) is 17.1. The molecule has 1 aromatic heterocycles. The monoisotopic (exact) mass is 444 g/mol. The van der Waals surface area contributed by atoms with Crippen molar-refractivity contribution in [1.82, 2.24) is 10.3 Å². The van der Waals surface area contributed by atoms with Crippen molar-refractivity contribution in [1.29, 1.82) is 0 Å². The van der Waals surface area contributed by atoms with Crippen LogP contribution in [0, 0.1) is 0 Å². The van der Waals surface area contributed by atoms with E-state index in [2.05, 4.69) is 10.3 Å². The number of para-hydroxylation sites is 1. The molecule has 4 rings (SSSR count). The van der Waals surface area contributed by atoms with E-state index in [1.165, 1.54) is 0 Å². The van der Waals surface area contributed by atoms with Crippen molar-refractivity contribution in [3.63, 3.8) is 0 Å². The van der Waals surface area contributed by atoms with Crippen LogP contribution in [0.25, 0.3) is 10.9 Å². The van der Waals surface area contributed by atoms with Crippen molar-refractivity contribution in [3.05, 3.63) is 84.1 Å². The number of hydrogen-bond donors (Lipinski definition) is 1. The normalized spacial score (nSPS) is 10.5. The molecule has 0 aliphatic carbocycles. The molecule has 1 N–H and O–H groups in total. The minimum Gasteiger partial charge on any atom is -0.496 e. The van der Waals surface area contributed by atoms with Crippen LogP contribution >= 0.6 is 0 Å². The third kappa shape index (κ3) is 4.82. The van der Waals surface area contributed by atoms with Crippen LogP contribution in [-0.2, 0) is 6.54 Å². The predicted octanol–water partition coefficient (Wildman–Crippen LogP) is 4.98. The largest absolute Gasteiger partial charge is 0.496 e. The number of methoxy groups -OCH3 is 3. The maximum atomic E-state index is 12.7. The third-order valence-electron chi connectivity index (χ3n) is 5.16. The average Bonchev–Trinajstić information content (AvgIpc) is 2.87. The molecular weight excluding hydrogens is 420 g/mol. The fraction of sp³-hybridized carbons (Fsp3) is 0.154. The van der Waals surface area contributed by atoms with Crippen molar-refractivity contribution in [2.45, 2.75) is 6.54 Å². The number of ether oxygens (including phenoxy) is 4. The Kier molecular flexibility index (Phi) is 6.59. The van der Waals surface area contributed by atoms with Crippen LogP contribution in [0.1, 0.15) is 15.9 Å². The Balaban J connectivity index is 1.55. The fourth-order valence-electron chi connectivity index (χ4n) is 3.49. The van der Waals surface area contributed by atoms with E-state index in [1.807, 2.05) is 30.3 Å². The molecule has 0 spiro atoms. The van der Waals surface area contributed by atoms with Crippen LogP contribution in [0.2, 0.25) is 0 Å². The molecule has 4 aromatic rings. The van der Waals surface area contributed by atoms with Crippen molar-refractivity contribution in [2.24, 2.45) is 0 Å². The average molecular weight is 444 g/mol. The van der Waals surface area contributed by atoms with Gasteiger partial charge in [0.25, 0.3) is 5.91 Å². The van der Waals surface area contributed by atoms with Gasteiger partial charge in [-0.15, -0.1) is 0 Å². The molecule has 0 radical (unpaired) electrons. The van der Waals surface area contributed by atoms with Gasteiger partial charge in [-0.1, -0.05) is 24.3 Å². The van der Waals surface area contributed by atoms with Crippen molar-refractivity contribution < 1.29 is 23.7 Å². The standard InChI is InChI=1S/C26H24N2O5/c1-30-22-10-5-4-7-18(22)16-28-26(29)17-8-6-9-19(13-17)33-23-11-12-27-21-15-25(32-3)24(31-2)14-20(21)23/h4-15H,16H2,1-3H3,(H,28,29). The second-order valence-electron chi connectivity index (χ2n) is 7.16. The van der Waals surface area contributed by atoms with E-state index >= 15 is 0 Å². The molecule has 7 heteroatoms. The van der Waals surface area contributed by atoms with Gasteiger partial charge in [-0.3, -0.25) is 9.78 Å². The minimum atomic E-state index is -0.211. The Morgan fingerprint density at radius 2 is 1.58 bits per heavy atom. The molecule has 0 unspecified atom stereocenters. The van der Waals surface area contributed by atoms with Gasteiger partial charge >= 0.3 is 0 Å². The van der Waals surface area contributed by atoms with Gasteiger partial charge in [0, 0.05) is 35.3 Å². The summed E-state index contributed by atoms with van der Waals surface area (Å²) in [6, 6.07) is 20.0. The molecule has 0 aliphatic rings. The zero-order valence-corrected chi connectivity index (χ0v) is 18.6. The van der Waals surface area contributed by atoms with E-state index in [4.69, 9.17) is 18.9 Å². The van der Waals surface area contributed by atoms with Crippen LogP contribution in [0.3, 0.4) is 0 Å². The Morgan fingerprint density at radius 1 is 0.818 bits per heavy atom. The van der Waals surface area contributed by atoms with Gasteiger partial charge in [-0.2, -0.15) is 0 Å². The number of carbonyl (C=O) groups is 1. The van der Waals surface area contributed by atoms with Crippen LogP contribution < -0.4 is 24.3 Å². The molecule has 7 nitrogen and oxygen atoms in total. The first-order valence-electron chi connectivity index (χ1n) is 10.3. The summed E-state index contributed by atoms with van der Waals surface area (Å²) in [5, 5.41) is 3.69. The van der Waals surface area contributed by atoms with Crippen LogP contribution in [-0.4, -0.2) is 32.2 Å². The van der Waals surface area contributed by atoms with Crippen molar-refractivity contribution >= 4 is 16.8 Å². The van der Waals surface area contributed by atoms with E-state index in [9.17, 15) is 4.79 Å². The summed E-state index contributed by atoms with van der Waals surface area (Å²) >= 11 is 0. The van der Waals surface area contributed by atoms with Crippen molar-refractivity contribution in [2.75, 3.05) is 21.3 Å². The molecular formula is C26H24N2O5. The Morgan fingerprint density at radius 3 is 2.36 bits per heavy atom. The maximum absolute atomic E-state index is 12.7. The second kappa shape index (κ2) is 9.91. The van der Waals surface area contributed by atoms with Gasteiger partial charge < -0.3 is 24.3 Å². The van der Waals surface area contributed by atoms with Crippen LogP contribution in [0.15, 0.2) is 72.9 Å². The quantitative estimate of drug-likeness (QED) is 0.413. The number of rotatable bonds is 8. The highest BCUT2D eigenvalue weighted by Crippen LogP contribution is 2.36. The van der Waals surface area contributed by atoms with Gasteiger partial charge in [-0.25, -0.2) is 0 Å². The molecule has 1 amide bonds. The first-order valence-corrected chi connectivity index (χ1v) is 10.3. The van der Waals surface area contributed by atoms with Gasteiger partial charge in [0.15, 0.2) is 11.5 Å². The summed E-state index contributed by atoms with van der Waals surface area (Å²) in [6.07, 6.45) is 1.66. The van der Waals surface area contributed by atoms with Gasteiger partial charge in [0.05, 0.1) is 26.8 Å². The van der Waals surface area contributed by atoms with Crippen LogP contribution in [0.5, 0.6) is 28.7 Å².